The number of carbonyl (C=O) groups is 1. The monoisotopic (exact) mass is 477 g/mol. The van der Waals surface area contributed by atoms with Crippen LogP contribution in [0.4, 0.5) is 5.69 Å². The summed E-state index contributed by atoms with van der Waals surface area (Å²) >= 11 is 1.10. The van der Waals surface area contributed by atoms with Crippen LogP contribution in [-0.4, -0.2) is 44.9 Å². The summed E-state index contributed by atoms with van der Waals surface area (Å²) in [5.74, 6) is -0.303. The van der Waals surface area contributed by atoms with Gasteiger partial charge in [0.15, 0.2) is 14.9 Å². The molecule has 0 bridgehead atoms. The van der Waals surface area contributed by atoms with Gasteiger partial charge in [0.25, 0.3) is 0 Å². The van der Waals surface area contributed by atoms with Crippen LogP contribution in [-0.2, 0) is 24.5 Å². The highest BCUT2D eigenvalue weighted by molar-refractivity contribution is 7.99. The van der Waals surface area contributed by atoms with Gasteiger partial charge in [0.1, 0.15) is 5.03 Å². The standard InChI is InChI=1S/C20H19N3O5S3/c1-14-3-7-17(8-4-14)31(27,28)20-12-11-19(22-23-20)29-13-18(24)21-15-5-9-16(10-6-15)30(2,25)26/h3-12H,13H2,1-2H3,(H,21,24). The Hall–Kier alpha value is -2.76. The fourth-order valence-corrected chi connectivity index (χ4v) is 4.86. The minimum Gasteiger partial charge on any atom is -0.325 e. The number of amides is 1. The maximum Gasteiger partial charge on any atom is 0.234 e. The first-order valence-corrected chi connectivity index (χ1v) is 13.3. The molecule has 162 valence electrons. The van der Waals surface area contributed by atoms with E-state index in [2.05, 4.69) is 15.5 Å². The number of anilines is 1. The minimum atomic E-state index is -3.76. The van der Waals surface area contributed by atoms with Crippen molar-refractivity contribution in [2.45, 2.75) is 26.8 Å². The number of rotatable bonds is 7. The number of thioether (sulfide) groups is 1. The van der Waals surface area contributed by atoms with E-state index in [0.29, 0.717) is 10.7 Å². The second-order valence-corrected chi connectivity index (χ2v) is 11.6. The van der Waals surface area contributed by atoms with Gasteiger partial charge in [-0.2, -0.15) is 0 Å². The van der Waals surface area contributed by atoms with Gasteiger partial charge in [0.05, 0.1) is 15.5 Å². The number of carbonyl (C=O) groups excluding carboxylic acids is 1. The third kappa shape index (κ3) is 5.90. The van der Waals surface area contributed by atoms with Gasteiger partial charge in [-0.1, -0.05) is 29.5 Å². The van der Waals surface area contributed by atoms with Crippen molar-refractivity contribution in [3.05, 3.63) is 66.2 Å². The van der Waals surface area contributed by atoms with Crippen LogP contribution in [0.25, 0.3) is 0 Å². The van der Waals surface area contributed by atoms with Crippen molar-refractivity contribution in [3.63, 3.8) is 0 Å². The van der Waals surface area contributed by atoms with Crippen LogP contribution in [0.5, 0.6) is 0 Å². The second kappa shape index (κ2) is 9.16. The van der Waals surface area contributed by atoms with E-state index >= 15 is 0 Å². The fraction of sp³-hybridized carbons (Fsp3) is 0.150. The van der Waals surface area contributed by atoms with Gasteiger partial charge in [0.2, 0.25) is 15.7 Å². The van der Waals surface area contributed by atoms with E-state index in [1.165, 1.54) is 48.5 Å². The number of nitrogens with one attached hydrogen (secondary N) is 1. The molecule has 0 aliphatic rings. The zero-order chi connectivity index (χ0) is 22.6. The van der Waals surface area contributed by atoms with Crippen LogP contribution in [0.2, 0.25) is 0 Å². The summed E-state index contributed by atoms with van der Waals surface area (Å²) in [6.07, 6.45) is 1.11. The minimum absolute atomic E-state index is 0.0204. The first kappa shape index (κ1) is 22.9. The van der Waals surface area contributed by atoms with Crippen LogP contribution in [0.1, 0.15) is 5.56 Å². The van der Waals surface area contributed by atoms with Crippen molar-refractivity contribution in [3.8, 4) is 0 Å². The maximum absolute atomic E-state index is 12.6. The molecule has 31 heavy (non-hydrogen) atoms. The molecule has 1 amide bonds. The maximum atomic E-state index is 12.6. The number of aryl methyl sites for hydroxylation is 1. The Morgan fingerprint density at radius 2 is 1.48 bits per heavy atom. The Bertz CT molecular complexity index is 1290. The van der Waals surface area contributed by atoms with Crippen molar-refractivity contribution >= 4 is 43.0 Å². The highest BCUT2D eigenvalue weighted by atomic mass is 32.2. The van der Waals surface area contributed by atoms with Gasteiger partial charge in [0, 0.05) is 11.9 Å². The number of hydrogen-bond donors (Lipinski definition) is 1. The average Bonchev–Trinajstić information content (AvgIpc) is 2.73. The first-order valence-electron chi connectivity index (χ1n) is 8.94. The molecule has 0 fully saturated rings. The zero-order valence-electron chi connectivity index (χ0n) is 16.6. The molecule has 1 N–H and O–H groups in total. The normalized spacial score (nSPS) is 11.8. The van der Waals surface area contributed by atoms with Gasteiger partial charge in [-0.25, -0.2) is 16.8 Å². The topological polar surface area (TPSA) is 123 Å². The quantitative estimate of drug-likeness (QED) is 0.515. The summed E-state index contributed by atoms with van der Waals surface area (Å²) in [7, 11) is -7.07. The molecule has 0 radical (unpaired) electrons. The van der Waals surface area contributed by atoms with Gasteiger partial charge < -0.3 is 5.32 Å². The Balaban J connectivity index is 1.60. The number of benzene rings is 2. The molecular formula is C20H19N3O5S3. The molecule has 0 atom stereocenters. The Kier molecular flexibility index (Phi) is 6.77. The van der Waals surface area contributed by atoms with E-state index in [4.69, 9.17) is 0 Å². The van der Waals surface area contributed by atoms with Gasteiger partial charge in [-0.15, -0.1) is 10.2 Å². The van der Waals surface area contributed by atoms with E-state index in [9.17, 15) is 21.6 Å². The van der Waals surface area contributed by atoms with Crippen molar-refractivity contribution in [1.29, 1.82) is 0 Å². The highest BCUT2D eigenvalue weighted by Crippen LogP contribution is 2.21. The van der Waals surface area contributed by atoms with Crippen LogP contribution in [0.3, 0.4) is 0 Å². The van der Waals surface area contributed by atoms with Crippen LogP contribution in [0.15, 0.2) is 80.5 Å². The number of nitrogens with zero attached hydrogens (tertiary/aromatic N) is 2. The van der Waals surface area contributed by atoms with Crippen molar-refractivity contribution in [2.75, 3.05) is 17.3 Å². The molecule has 0 saturated heterocycles. The van der Waals surface area contributed by atoms with E-state index in [1.54, 1.807) is 12.1 Å². The molecule has 0 aliphatic heterocycles. The van der Waals surface area contributed by atoms with E-state index < -0.39 is 19.7 Å². The average molecular weight is 478 g/mol. The SMILES string of the molecule is Cc1ccc(S(=O)(=O)c2ccc(SCC(=O)Nc3ccc(S(C)(=O)=O)cc3)nn2)cc1. The van der Waals surface area contributed by atoms with Crippen LogP contribution < -0.4 is 5.32 Å². The number of aromatic nitrogens is 2. The Labute approximate surface area is 184 Å². The molecule has 0 unspecified atom stereocenters. The lowest BCUT2D eigenvalue weighted by molar-refractivity contribution is -0.113. The summed E-state index contributed by atoms with van der Waals surface area (Å²) in [5.41, 5.74) is 1.41. The van der Waals surface area contributed by atoms with Gasteiger partial charge in [-0.05, 0) is 55.5 Å². The van der Waals surface area contributed by atoms with Crippen LogP contribution in [0, 0.1) is 6.92 Å². The zero-order valence-corrected chi connectivity index (χ0v) is 19.1. The smallest absolute Gasteiger partial charge is 0.234 e. The van der Waals surface area contributed by atoms with E-state index in [1.807, 2.05) is 6.92 Å². The lowest BCUT2D eigenvalue weighted by atomic mass is 10.2. The number of hydrogen-bond acceptors (Lipinski definition) is 8. The largest absolute Gasteiger partial charge is 0.325 e. The van der Waals surface area contributed by atoms with Gasteiger partial charge >= 0.3 is 0 Å². The molecule has 8 nitrogen and oxygen atoms in total. The van der Waals surface area contributed by atoms with Crippen molar-refractivity contribution in [1.82, 2.24) is 10.2 Å². The molecule has 0 saturated carbocycles. The summed E-state index contributed by atoms with van der Waals surface area (Å²) in [6.45, 7) is 1.86. The first-order chi connectivity index (χ1) is 14.6. The summed E-state index contributed by atoms with van der Waals surface area (Å²) < 4.78 is 48.1. The third-order valence-corrected chi connectivity index (χ3v) is 7.85. The Morgan fingerprint density at radius 3 is 2.03 bits per heavy atom. The molecular weight excluding hydrogens is 458 g/mol. The van der Waals surface area contributed by atoms with Gasteiger partial charge in [-0.3, -0.25) is 4.79 Å². The lowest BCUT2D eigenvalue weighted by Crippen LogP contribution is -2.14. The van der Waals surface area contributed by atoms with Crippen LogP contribution >= 0.6 is 11.8 Å². The lowest BCUT2D eigenvalue weighted by Gasteiger charge is -2.06. The predicted octanol–water partition coefficient (Wildman–Crippen LogP) is 2.75. The predicted molar refractivity (Wildman–Crippen MR) is 118 cm³/mol. The Morgan fingerprint density at radius 1 is 0.871 bits per heavy atom. The van der Waals surface area contributed by atoms with Crippen molar-refractivity contribution < 1.29 is 21.6 Å². The molecule has 1 heterocycles. The summed E-state index contributed by atoms with van der Waals surface area (Å²) in [4.78, 5) is 12.4. The number of sulfone groups is 2. The van der Waals surface area contributed by atoms with E-state index in [0.717, 1.165) is 23.6 Å². The highest BCUT2D eigenvalue weighted by Gasteiger charge is 2.20. The molecule has 0 aliphatic carbocycles. The molecule has 3 aromatic rings. The summed E-state index contributed by atoms with van der Waals surface area (Å²) in [6, 6.07) is 15.1. The molecule has 11 heteroatoms. The fourth-order valence-electron chi connectivity index (χ4n) is 2.49. The summed E-state index contributed by atoms with van der Waals surface area (Å²) in [5, 5.41) is 10.6. The molecule has 1 aromatic heterocycles. The molecule has 2 aromatic carbocycles. The van der Waals surface area contributed by atoms with E-state index in [-0.39, 0.29) is 26.5 Å². The molecule has 0 spiro atoms. The van der Waals surface area contributed by atoms with Crippen molar-refractivity contribution in [2.24, 2.45) is 0 Å². The second-order valence-electron chi connectivity index (χ2n) is 6.66. The third-order valence-electron chi connectivity index (χ3n) is 4.14. The molecule has 3 rings (SSSR count).